The van der Waals surface area contributed by atoms with Crippen molar-refractivity contribution < 1.29 is 0 Å². The van der Waals surface area contributed by atoms with Crippen molar-refractivity contribution in [3.05, 3.63) is 52.5 Å². The predicted molar refractivity (Wildman–Crippen MR) is 86.9 cm³/mol. The Morgan fingerprint density at radius 3 is 2.70 bits per heavy atom. The lowest BCUT2D eigenvalue weighted by Crippen LogP contribution is -1.99. The van der Waals surface area contributed by atoms with E-state index in [1.165, 1.54) is 0 Å². The van der Waals surface area contributed by atoms with Crippen LogP contribution in [-0.2, 0) is 0 Å². The van der Waals surface area contributed by atoms with E-state index in [4.69, 9.17) is 0 Å². The maximum absolute atomic E-state index is 4.48. The molecule has 3 aromatic rings. The first-order valence-corrected chi connectivity index (χ1v) is 7.16. The minimum atomic E-state index is 0.664. The molecule has 0 saturated carbocycles. The van der Waals surface area contributed by atoms with Gasteiger partial charge in [0.2, 0.25) is 0 Å². The molecule has 1 aromatic carbocycles. The third-order valence-corrected chi connectivity index (χ3v) is 3.63. The van der Waals surface area contributed by atoms with E-state index in [1.807, 2.05) is 48.3 Å². The van der Waals surface area contributed by atoms with Crippen molar-refractivity contribution in [1.82, 2.24) is 19.7 Å². The fourth-order valence-corrected chi connectivity index (χ4v) is 2.37. The summed E-state index contributed by atoms with van der Waals surface area (Å²) in [5, 5.41) is 7.41. The van der Waals surface area contributed by atoms with E-state index in [9.17, 15) is 0 Å². The molecule has 0 spiro atoms. The van der Waals surface area contributed by atoms with Gasteiger partial charge in [-0.3, -0.25) is 0 Å². The average Bonchev–Trinajstić information content (AvgIpc) is 2.98. The first-order chi connectivity index (χ1) is 9.78. The third-order valence-electron chi connectivity index (χ3n) is 2.84. The highest BCUT2D eigenvalue weighted by molar-refractivity contribution is 14.1. The van der Waals surface area contributed by atoms with Gasteiger partial charge in [0.05, 0.1) is 21.0 Å². The van der Waals surface area contributed by atoms with Gasteiger partial charge in [0.25, 0.3) is 0 Å². The number of hydrogen-bond acceptors (Lipinski definition) is 4. The van der Waals surface area contributed by atoms with Gasteiger partial charge in [-0.15, -0.1) is 0 Å². The Kier molecular flexibility index (Phi) is 3.64. The monoisotopic (exact) mass is 377 g/mol. The molecule has 0 saturated heterocycles. The number of hydrogen-bond donors (Lipinski definition) is 1. The normalized spacial score (nSPS) is 10.5. The van der Waals surface area contributed by atoms with Gasteiger partial charge in [0.1, 0.15) is 5.82 Å². The molecule has 0 unspecified atom stereocenters. The van der Waals surface area contributed by atoms with Crippen molar-refractivity contribution in [3.8, 4) is 17.1 Å². The SMILES string of the molecule is CNc1nc(-c2cnn(-c3ccccc3)c2)ncc1I. The molecule has 1 N–H and O–H groups in total. The van der Waals surface area contributed by atoms with Gasteiger partial charge in [0.15, 0.2) is 5.82 Å². The molecule has 0 fully saturated rings. The Hall–Kier alpha value is -1.96. The van der Waals surface area contributed by atoms with E-state index < -0.39 is 0 Å². The highest BCUT2D eigenvalue weighted by atomic mass is 127. The molecule has 0 aliphatic heterocycles. The summed E-state index contributed by atoms with van der Waals surface area (Å²) in [7, 11) is 1.85. The summed E-state index contributed by atoms with van der Waals surface area (Å²) in [5.74, 6) is 1.49. The van der Waals surface area contributed by atoms with Crippen LogP contribution in [0, 0.1) is 3.57 Å². The molecule has 20 heavy (non-hydrogen) atoms. The minimum Gasteiger partial charge on any atom is -0.372 e. The Morgan fingerprint density at radius 1 is 1.15 bits per heavy atom. The van der Waals surface area contributed by atoms with Crippen LogP contribution in [0.1, 0.15) is 0 Å². The van der Waals surface area contributed by atoms with E-state index in [2.05, 4.69) is 43.0 Å². The molecule has 0 aliphatic carbocycles. The number of rotatable bonds is 3. The number of aromatic nitrogens is 4. The molecule has 2 aromatic heterocycles. The highest BCUT2D eigenvalue weighted by Crippen LogP contribution is 2.20. The van der Waals surface area contributed by atoms with Crippen molar-refractivity contribution in [2.24, 2.45) is 0 Å². The summed E-state index contributed by atoms with van der Waals surface area (Å²) in [6.07, 6.45) is 5.50. The van der Waals surface area contributed by atoms with E-state index in [0.717, 1.165) is 20.6 Å². The summed E-state index contributed by atoms with van der Waals surface area (Å²) < 4.78 is 2.81. The maximum atomic E-state index is 4.48. The first-order valence-electron chi connectivity index (χ1n) is 6.08. The zero-order valence-corrected chi connectivity index (χ0v) is 12.9. The number of halogens is 1. The highest BCUT2D eigenvalue weighted by Gasteiger charge is 2.08. The zero-order valence-electron chi connectivity index (χ0n) is 10.8. The molecule has 0 aliphatic rings. The van der Waals surface area contributed by atoms with Crippen LogP contribution in [0.5, 0.6) is 0 Å². The first kappa shape index (κ1) is 13.0. The van der Waals surface area contributed by atoms with Crippen LogP contribution in [-0.4, -0.2) is 26.8 Å². The fraction of sp³-hybridized carbons (Fsp3) is 0.0714. The van der Waals surface area contributed by atoms with Crippen LogP contribution in [0.15, 0.2) is 48.9 Å². The lowest BCUT2D eigenvalue weighted by atomic mass is 10.3. The van der Waals surface area contributed by atoms with Crippen molar-refractivity contribution in [3.63, 3.8) is 0 Å². The molecule has 5 nitrogen and oxygen atoms in total. The molecular formula is C14H12IN5. The quantitative estimate of drug-likeness (QED) is 0.714. The standard InChI is InChI=1S/C14H12IN5/c1-16-14-12(15)8-17-13(19-14)10-7-18-20(9-10)11-5-3-2-4-6-11/h2-9H,1H3,(H,16,17,19). The van der Waals surface area contributed by atoms with Gasteiger partial charge < -0.3 is 5.32 Å². The second-order valence-corrected chi connectivity index (χ2v) is 5.31. The second-order valence-electron chi connectivity index (χ2n) is 4.15. The lowest BCUT2D eigenvalue weighted by molar-refractivity contribution is 0.880. The van der Waals surface area contributed by atoms with Gasteiger partial charge in [0, 0.05) is 19.4 Å². The minimum absolute atomic E-state index is 0.664. The van der Waals surface area contributed by atoms with Crippen LogP contribution in [0.4, 0.5) is 5.82 Å². The summed E-state index contributed by atoms with van der Waals surface area (Å²) in [6.45, 7) is 0. The Bertz CT molecular complexity index is 723. The van der Waals surface area contributed by atoms with Crippen LogP contribution in [0.2, 0.25) is 0 Å². The largest absolute Gasteiger partial charge is 0.372 e. The van der Waals surface area contributed by atoms with Crippen LogP contribution >= 0.6 is 22.6 Å². The number of benzene rings is 1. The van der Waals surface area contributed by atoms with Gasteiger partial charge in [-0.1, -0.05) is 18.2 Å². The number of nitrogens with zero attached hydrogens (tertiary/aromatic N) is 4. The van der Waals surface area contributed by atoms with Gasteiger partial charge in [-0.25, -0.2) is 14.6 Å². The number of anilines is 1. The van der Waals surface area contributed by atoms with Crippen molar-refractivity contribution in [2.75, 3.05) is 12.4 Å². The smallest absolute Gasteiger partial charge is 0.164 e. The Morgan fingerprint density at radius 2 is 1.95 bits per heavy atom. The average molecular weight is 377 g/mol. The van der Waals surface area contributed by atoms with E-state index in [-0.39, 0.29) is 0 Å². The molecule has 100 valence electrons. The molecule has 6 heteroatoms. The van der Waals surface area contributed by atoms with Gasteiger partial charge in [-0.05, 0) is 34.7 Å². The van der Waals surface area contributed by atoms with Crippen molar-refractivity contribution in [2.45, 2.75) is 0 Å². The van der Waals surface area contributed by atoms with Crippen molar-refractivity contribution >= 4 is 28.4 Å². The van der Waals surface area contributed by atoms with Gasteiger partial charge in [-0.2, -0.15) is 5.10 Å². The van der Waals surface area contributed by atoms with E-state index in [1.54, 1.807) is 12.4 Å². The molecule has 0 radical (unpaired) electrons. The zero-order chi connectivity index (χ0) is 13.9. The second kappa shape index (κ2) is 5.58. The van der Waals surface area contributed by atoms with E-state index >= 15 is 0 Å². The van der Waals surface area contributed by atoms with Crippen LogP contribution < -0.4 is 5.32 Å². The Balaban J connectivity index is 1.98. The molecule has 3 rings (SSSR count). The number of nitrogens with one attached hydrogen (secondary N) is 1. The van der Waals surface area contributed by atoms with E-state index in [0.29, 0.717) is 5.82 Å². The molecule has 0 bridgehead atoms. The van der Waals surface area contributed by atoms with Crippen LogP contribution in [0.25, 0.3) is 17.1 Å². The lowest BCUT2D eigenvalue weighted by Gasteiger charge is -2.03. The Labute approximate surface area is 130 Å². The molecule has 0 amide bonds. The summed E-state index contributed by atoms with van der Waals surface area (Å²) in [4.78, 5) is 8.84. The van der Waals surface area contributed by atoms with Crippen LogP contribution in [0.3, 0.4) is 0 Å². The topological polar surface area (TPSA) is 55.6 Å². The maximum Gasteiger partial charge on any atom is 0.164 e. The van der Waals surface area contributed by atoms with Gasteiger partial charge >= 0.3 is 0 Å². The summed E-state index contributed by atoms with van der Waals surface area (Å²) in [5.41, 5.74) is 1.90. The molecule has 2 heterocycles. The molecule has 0 atom stereocenters. The number of para-hydroxylation sites is 1. The summed E-state index contributed by atoms with van der Waals surface area (Å²) in [6, 6.07) is 9.96. The predicted octanol–water partition coefficient (Wildman–Crippen LogP) is 2.98. The molecular weight excluding hydrogens is 365 g/mol. The summed E-state index contributed by atoms with van der Waals surface area (Å²) >= 11 is 2.20. The van der Waals surface area contributed by atoms with Crippen molar-refractivity contribution in [1.29, 1.82) is 0 Å². The third kappa shape index (κ3) is 2.51. The fourth-order valence-electron chi connectivity index (χ4n) is 1.84.